The van der Waals surface area contributed by atoms with Crippen molar-refractivity contribution in [2.24, 2.45) is 5.92 Å². The molecule has 19 heavy (non-hydrogen) atoms. The van der Waals surface area contributed by atoms with Gasteiger partial charge in [-0.3, -0.25) is 9.59 Å². The van der Waals surface area contributed by atoms with E-state index < -0.39 is 5.97 Å². The van der Waals surface area contributed by atoms with Gasteiger partial charge >= 0.3 is 5.97 Å². The molecular formula is C14H18FNO3. The summed E-state index contributed by atoms with van der Waals surface area (Å²) in [5, 5.41) is 8.62. The van der Waals surface area contributed by atoms with Crippen molar-refractivity contribution in [2.75, 3.05) is 13.6 Å². The molecule has 0 heterocycles. The summed E-state index contributed by atoms with van der Waals surface area (Å²) in [4.78, 5) is 23.5. The smallest absolute Gasteiger partial charge is 0.323 e. The molecule has 0 fully saturated rings. The van der Waals surface area contributed by atoms with Crippen molar-refractivity contribution in [1.82, 2.24) is 4.90 Å². The van der Waals surface area contributed by atoms with Gasteiger partial charge in [-0.2, -0.15) is 0 Å². The van der Waals surface area contributed by atoms with Crippen LogP contribution < -0.4 is 0 Å². The van der Waals surface area contributed by atoms with Gasteiger partial charge in [0, 0.05) is 13.0 Å². The number of likely N-dealkylation sites (N-methyl/N-ethyl adjacent to an activating group) is 1. The predicted octanol–water partition coefficient (Wildman–Crippen LogP) is 1.94. The number of carboxylic acid groups (broad SMARTS) is 1. The number of aliphatic carboxylic acids is 1. The van der Waals surface area contributed by atoms with Gasteiger partial charge < -0.3 is 10.0 Å². The number of rotatable bonds is 6. The van der Waals surface area contributed by atoms with E-state index in [0.717, 1.165) is 0 Å². The number of halogens is 1. The van der Waals surface area contributed by atoms with Crippen LogP contribution in [0.2, 0.25) is 0 Å². The Morgan fingerprint density at radius 2 is 2.00 bits per heavy atom. The molecule has 1 N–H and O–H groups in total. The molecule has 0 saturated carbocycles. The first kappa shape index (κ1) is 15.1. The second-order valence-electron chi connectivity index (χ2n) is 4.62. The van der Waals surface area contributed by atoms with E-state index in [1.807, 2.05) is 0 Å². The summed E-state index contributed by atoms with van der Waals surface area (Å²) in [6.45, 7) is 1.41. The quantitative estimate of drug-likeness (QED) is 0.857. The zero-order chi connectivity index (χ0) is 14.4. The summed E-state index contributed by atoms with van der Waals surface area (Å²) in [5.74, 6) is -1.89. The minimum atomic E-state index is -1.04. The molecule has 1 atom stereocenters. The normalized spacial score (nSPS) is 11.9. The predicted molar refractivity (Wildman–Crippen MR) is 69.2 cm³/mol. The Balaban J connectivity index is 2.51. The zero-order valence-electron chi connectivity index (χ0n) is 11.1. The van der Waals surface area contributed by atoms with Crippen molar-refractivity contribution in [3.05, 3.63) is 35.6 Å². The summed E-state index contributed by atoms with van der Waals surface area (Å²) < 4.78 is 13.4. The Labute approximate surface area is 111 Å². The van der Waals surface area contributed by atoms with Gasteiger partial charge in [0.2, 0.25) is 5.91 Å². The number of hydrogen-bond acceptors (Lipinski definition) is 2. The number of carbonyl (C=O) groups is 2. The molecule has 0 saturated heterocycles. The molecule has 0 aromatic heterocycles. The SMILES string of the molecule is CC(CCc1ccccc1F)C(=O)N(C)CC(=O)O. The average molecular weight is 267 g/mol. The highest BCUT2D eigenvalue weighted by atomic mass is 19.1. The molecule has 5 heteroatoms. The first-order valence-corrected chi connectivity index (χ1v) is 6.12. The Hall–Kier alpha value is -1.91. The summed E-state index contributed by atoms with van der Waals surface area (Å²) in [5.41, 5.74) is 0.572. The van der Waals surface area contributed by atoms with Crippen LogP contribution >= 0.6 is 0 Å². The van der Waals surface area contributed by atoms with Crippen LogP contribution in [0.5, 0.6) is 0 Å². The van der Waals surface area contributed by atoms with Crippen molar-refractivity contribution in [3.8, 4) is 0 Å². The van der Waals surface area contributed by atoms with Crippen molar-refractivity contribution in [2.45, 2.75) is 19.8 Å². The highest BCUT2D eigenvalue weighted by Crippen LogP contribution is 2.14. The van der Waals surface area contributed by atoms with E-state index in [-0.39, 0.29) is 24.2 Å². The van der Waals surface area contributed by atoms with Crippen molar-refractivity contribution in [3.63, 3.8) is 0 Å². The van der Waals surface area contributed by atoms with Gasteiger partial charge in [-0.1, -0.05) is 25.1 Å². The number of nitrogens with zero attached hydrogens (tertiary/aromatic N) is 1. The van der Waals surface area contributed by atoms with Gasteiger partial charge in [-0.05, 0) is 24.5 Å². The van der Waals surface area contributed by atoms with Gasteiger partial charge in [0.1, 0.15) is 12.4 Å². The lowest BCUT2D eigenvalue weighted by Gasteiger charge is -2.19. The molecule has 1 aromatic rings. The molecule has 0 bridgehead atoms. The second-order valence-corrected chi connectivity index (χ2v) is 4.62. The fourth-order valence-corrected chi connectivity index (χ4v) is 1.85. The van der Waals surface area contributed by atoms with Gasteiger partial charge in [0.25, 0.3) is 0 Å². The summed E-state index contributed by atoms with van der Waals surface area (Å²) in [7, 11) is 1.45. The Morgan fingerprint density at radius 1 is 1.37 bits per heavy atom. The lowest BCUT2D eigenvalue weighted by Crippen LogP contribution is -2.35. The Morgan fingerprint density at radius 3 is 2.58 bits per heavy atom. The molecule has 0 aliphatic heterocycles. The molecule has 1 unspecified atom stereocenters. The molecule has 0 radical (unpaired) electrons. The third-order valence-electron chi connectivity index (χ3n) is 2.97. The molecule has 0 aliphatic carbocycles. The average Bonchev–Trinajstić information content (AvgIpc) is 2.35. The fourth-order valence-electron chi connectivity index (χ4n) is 1.85. The van der Waals surface area contributed by atoms with Gasteiger partial charge in [-0.15, -0.1) is 0 Å². The monoisotopic (exact) mass is 267 g/mol. The number of carboxylic acids is 1. The van der Waals surface area contributed by atoms with Crippen molar-refractivity contribution >= 4 is 11.9 Å². The Bertz CT molecular complexity index is 462. The van der Waals surface area contributed by atoms with Gasteiger partial charge in [-0.25, -0.2) is 4.39 Å². The minimum Gasteiger partial charge on any atom is -0.480 e. The van der Waals surface area contributed by atoms with Crippen molar-refractivity contribution < 1.29 is 19.1 Å². The first-order valence-electron chi connectivity index (χ1n) is 6.12. The van der Waals surface area contributed by atoms with Crippen LogP contribution in [0.4, 0.5) is 4.39 Å². The summed E-state index contributed by atoms with van der Waals surface area (Å²) in [6, 6.07) is 6.45. The maximum Gasteiger partial charge on any atom is 0.323 e. The lowest BCUT2D eigenvalue weighted by atomic mass is 9.99. The minimum absolute atomic E-state index is 0.237. The van der Waals surface area contributed by atoms with Crippen LogP contribution in [0.15, 0.2) is 24.3 Å². The lowest BCUT2D eigenvalue weighted by molar-refractivity contribution is -0.145. The summed E-state index contributed by atoms with van der Waals surface area (Å²) >= 11 is 0. The van der Waals surface area contributed by atoms with E-state index >= 15 is 0 Å². The first-order chi connectivity index (χ1) is 8.91. The molecule has 4 nitrogen and oxygen atoms in total. The third kappa shape index (κ3) is 4.69. The second kappa shape index (κ2) is 6.87. The Kier molecular flexibility index (Phi) is 5.48. The fraction of sp³-hybridized carbons (Fsp3) is 0.429. The highest BCUT2D eigenvalue weighted by molar-refractivity contribution is 5.82. The van der Waals surface area contributed by atoms with E-state index in [0.29, 0.717) is 18.4 Å². The van der Waals surface area contributed by atoms with Crippen LogP contribution in [0.3, 0.4) is 0 Å². The maximum absolute atomic E-state index is 13.4. The number of amides is 1. The highest BCUT2D eigenvalue weighted by Gasteiger charge is 2.19. The van der Waals surface area contributed by atoms with Gasteiger partial charge in [0.15, 0.2) is 0 Å². The third-order valence-corrected chi connectivity index (χ3v) is 2.97. The molecule has 0 spiro atoms. The standard InChI is InChI=1S/C14H18FNO3/c1-10(14(19)16(2)9-13(17)18)7-8-11-5-3-4-6-12(11)15/h3-6,10H,7-9H2,1-2H3,(H,17,18). The van der Waals surface area contributed by atoms with Crippen LogP contribution in [-0.4, -0.2) is 35.5 Å². The van der Waals surface area contributed by atoms with Crippen LogP contribution in [0.1, 0.15) is 18.9 Å². The van der Waals surface area contributed by atoms with E-state index in [1.165, 1.54) is 18.0 Å². The number of carbonyl (C=O) groups excluding carboxylic acids is 1. The van der Waals surface area contributed by atoms with E-state index in [9.17, 15) is 14.0 Å². The molecule has 1 rings (SSSR count). The maximum atomic E-state index is 13.4. The van der Waals surface area contributed by atoms with Crippen molar-refractivity contribution in [1.29, 1.82) is 0 Å². The molecular weight excluding hydrogens is 249 g/mol. The number of benzene rings is 1. The zero-order valence-corrected chi connectivity index (χ0v) is 11.1. The molecule has 1 aromatic carbocycles. The molecule has 0 aliphatic rings. The van der Waals surface area contributed by atoms with E-state index in [2.05, 4.69) is 0 Å². The van der Waals surface area contributed by atoms with Crippen LogP contribution in [-0.2, 0) is 16.0 Å². The van der Waals surface area contributed by atoms with Gasteiger partial charge in [0.05, 0.1) is 0 Å². The molecule has 104 valence electrons. The summed E-state index contributed by atoms with van der Waals surface area (Å²) in [6.07, 6.45) is 0.949. The number of hydrogen-bond donors (Lipinski definition) is 1. The van der Waals surface area contributed by atoms with Crippen LogP contribution in [0, 0.1) is 11.7 Å². The largest absolute Gasteiger partial charge is 0.480 e. The van der Waals surface area contributed by atoms with E-state index in [1.54, 1.807) is 25.1 Å². The number of aryl methyl sites for hydroxylation is 1. The topological polar surface area (TPSA) is 57.6 Å². The van der Waals surface area contributed by atoms with E-state index in [4.69, 9.17) is 5.11 Å². The van der Waals surface area contributed by atoms with Crippen LogP contribution in [0.25, 0.3) is 0 Å². The molecule has 1 amide bonds.